The number of carbonyl (C=O) groups excluding carboxylic acids is 2. The van der Waals surface area contributed by atoms with Gasteiger partial charge in [0.25, 0.3) is 0 Å². The van der Waals surface area contributed by atoms with E-state index in [0.717, 1.165) is 57.8 Å². The first kappa shape index (κ1) is 67.8. The van der Waals surface area contributed by atoms with E-state index in [1.165, 1.54) is 231 Å². The minimum absolute atomic E-state index is 0.00383. The molecule has 0 saturated heterocycles. The van der Waals surface area contributed by atoms with Crippen molar-refractivity contribution in [1.82, 2.24) is 5.32 Å². The van der Waals surface area contributed by atoms with Crippen LogP contribution in [0.2, 0.25) is 0 Å². The van der Waals surface area contributed by atoms with Crippen molar-refractivity contribution in [3.8, 4) is 0 Å². The summed E-state index contributed by atoms with van der Waals surface area (Å²) in [6.45, 7) is 4.88. The average molecular weight is 983 g/mol. The van der Waals surface area contributed by atoms with Crippen LogP contribution >= 0.6 is 0 Å². The van der Waals surface area contributed by atoms with E-state index in [-0.39, 0.29) is 18.5 Å². The number of esters is 1. The van der Waals surface area contributed by atoms with Gasteiger partial charge < -0.3 is 20.3 Å². The predicted molar refractivity (Wildman–Crippen MR) is 306 cm³/mol. The molecule has 0 aliphatic rings. The first-order chi connectivity index (χ1) is 34.5. The number of rotatable bonds is 57. The fraction of sp³-hybridized carbons (Fsp3) is 0.844. The quantitative estimate of drug-likeness (QED) is 0.0321. The van der Waals surface area contributed by atoms with Crippen molar-refractivity contribution >= 4 is 11.9 Å². The molecule has 410 valence electrons. The highest BCUT2D eigenvalue weighted by atomic mass is 16.5. The van der Waals surface area contributed by atoms with E-state index in [1.807, 2.05) is 0 Å². The molecule has 0 aliphatic heterocycles. The highest BCUT2D eigenvalue weighted by Crippen LogP contribution is 2.17. The number of unbranched alkanes of at least 4 members (excludes halogenated alkanes) is 38. The Kier molecular flexibility index (Phi) is 57.5. The van der Waals surface area contributed by atoms with E-state index in [1.54, 1.807) is 0 Å². The molecular formula is C64H119NO5. The van der Waals surface area contributed by atoms with E-state index in [4.69, 9.17) is 4.74 Å². The number of aliphatic hydroxyl groups is 2. The molecule has 0 bridgehead atoms. The molecule has 3 N–H and O–H groups in total. The van der Waals surface area contributed by atoms with E-state index < -0.39 is 12.1 Å². The lowest BCUT2D eigenvalue weighted by Crippen LogP contribution is -2.45. The normalized spacial score (nSPS) is 12.9. The van der Waals surface area contributed by atoms with Gasteiger partial charge in [-0.25, -0.2) is 0 Å². The fourth-order valence-corrected chi connectivity index (χ4v) is 9.36. The second-order valence-corrected chi connectivity index (χ2v) is 21.0. The molecular weight excluding hydrogens is 863 g/mol. The zero-order valence-electron chi connectivity index (χ0n) is 46.7. The van der Waals surface area contributed by atoms with Gasteiger partial charge in [-0.3, -0.25) is 9.59 Å². The Balaban J connectivity index is 3.40. The number of aliphatic hydroxyl groups excluding tert-OH is 2. The molecule has 0 spiro atoms. The van der Waals surface area contributed by atoms with Gasteiger partial charge in [0.1, 0.15) is 0 Å². The SMILES string of the molecule is CCC/C=C\C/C=C\CCCCCCCC(=O)OCCCCCCCCCCC/C=C\C/C=C\CCCCCCCCCCCCCCCC(=O)NC(CO)C(O)CCCCCCCCCCCCC. The number of amides is 1. The van der Waals surface area contributed by atoms with Crippen molar-refractivity contribution in [3.63, 3.8) is 0 Å². The summed E-state index contributed by atoms with van der Waals surface area (Å²) >= 11 is 0. The highest BCUT2D eigenvalue weighted by molar-refractivity contribution is 5.76. The lowest BCUT2D eigenvalue weighted by molar-refractivity contribution is -0.143. The molecule has 0 saturated carbocycles. The van der Waals surface area contributed by atoms with Crippen molar-refractivity contribution in [1.29, 1.82) is 0 Å². The third kappa shape index (κ3) is 55.1. The van der Waals surface area contributed by atoms with Gasteiger partial charge in [0.15, 0.2) is 0 Å². The van der Waals surface area contributed by atoms with Gasteiger partial charge in [-0.1, -0.05) is 274 Å². The van der Waals surface area contributed by atoms with E-state index in [0.29, 0.717) is 25.9 Å². The summed E-state index contributed by atoms with van der Waals surface area (Å²) < 4.78 is 5.46. The van der Waals surface area contributed by atoms with Crippen LogP contribution in [0.1, 0.15) is 322 Å². The maximum atomic E-state index is 12.4. The van der Waals surface area contributed by atoms with Crippen LogP contribution in [-0.2, 0) is 14.3 Å². The fourth-order valence-electron chi connectivity index (χ4n) is 9.36. The van der Waals surface area contributed by atoms with Crippen LogP contribution in [0.5, 0.6) is 0 Å². The molecule has 1 amide bonds. The van der Waals surface area contributed by atoms with Crippen molar-refractivity contribution in [3.05, 3.63) is 48.6 Å². The van der Waals surface area contributed by atoms with E-state index >= 15 is 0 Å². The molecule has 2 atom stereocenters. The Labute approximate surface area is 436 Å². The molecule has 0 aromatic carbocycles. The summed E-state index contributed by atoms with van der Waals surface area (Å²) in [5, 5.41) is 23.2. The first-order valence-electron chi connectivity index (χ1n) is 30.9. The third-order valence-corrected chi connectivity index (χ3v) is 14.1. The Hall–Kier alpha value is -2.18. The zero-order chi connectivity index (χ0) is 50.7. The maximum Gasteiger partial charge on any atom is 0.305 e. The number of ether oxygens (including phenoxy) is 1. The summed E-state index contributed by atoms with van der Waals surface area (Å²) in [6, 6.07) is -0.541. The van der Waals surface area contributed by atoms with Crippen LogP contribution in [0.4, 0.5) is 0 Å². The molecule has 0 aliphatic carbocycles. The molecule has 0 aromatic rings. The molecule has 0 rings (SSSR count). The summed E-state index contributed by atoms with van der Waals surface area (Å²) in [5.74, 6) is -0.0407. The standard InChI is InChI=1S/C64H119NO5/c1-3-5-7-9-11-13-15-33-38-42-46-50-54-58-64(69)70-59-55-51-47-43-39-35-32-30-28-26-24-22-20-18-16-17-19-21-23-25-27-29-31-34-37-41-45-49-53-57-63(68)65-61(60-66)62(67)56-52-48-44-40-36-14-12-10-8-6-4-2/h7,9,13,15-16,18,22,24,61-62,66-67H,3-6,8,10-12,14,17,19-21,23,25-60H2,1-2H3,(H,65,68)/b9-7-,15-13-,18-16-,24-22-. The molecule has 6 heteroatoms. The van der Waals surface area contributed by atoms with Crippen molar-refractivity contribution < 1.29 is 24.5 Å². The summed E-state index contributed by atoms with van der Waals surface area (Å²) in [6.07, 6.45) is 75.6. The predicted octanol–water partition coefficient (Wildman–Crippen LogP) is 19.4. The van der Waals surface area contributed by atoms with Crippen molar-refractivity contribution in [2.24, 2.45) is 0 Å². The van der Waals surface area contributed by atoms with Crippen LogP contribution in [0, 0.1) is 0 Å². The molecule has 0 heterocycles. The summed E-state index contributed by atoms with van der Waals surface area (Å²) in [4.78, 5) is 24.5. The smallest absolute Gasteiger partial charge is 0.305 e. The summed E-state index contributed by atoms with van der Waals surface area (Å²) in [7, 11) is 0. The molecule has 2 unspecified atom stereocenters. The largest absolute Gasteiger partial charge is 0.466 e. The zero-order valence-corrected chi connectivity index (χ0v) is 46.7. The van der Waals surface area contributed by atoms with Crippen LogP contribution in [0.3, 0.4) is 0 Å². The molecule has 6 nitrogen and oxygen atoms in total. The Morgan fingerprint density at radius 1 is 0.400 bits per heavy atom. The van der Waals surface area contributed by atoms with Crippen LogP contribution in [-0.4, -0.2) is 47.4 Å². The van der Waals surface area contributed by atoms with Crippen LogP contribution < -0.4 is 5.32 Å². The van der Waals surface area contributed by atoms with Gasteiger partial charge in [0, 0.05) is 12.8 Å². The minimum Gasteiger partial charge on any atom is -0.466 e. The Morgan fingerprint density at radius 2 is 0.743 bits per heavy atom. The monoisotopic (exact) mass is 982 g/mol. The van der Waals surface area contributed by atoms with Crippen molar-refractivity contribution in [2.45, 2.75) is 334 Å². The average Bonchev–Trinajstić information content (AvgIpc) is 3.36. The van der Waals surface area contributed by atoms with Crippen LogP contribution in [0.15, 0.2) is 48.6 Å². The van der Waals surface area contributed by atoms with Gasteiger partial charge in [0.2, 0.25) is 5.91 Å². The number of carbonyl (C=O) groups is 2. The van der Waals surface area contributed by atoms with Gasteiger partial charge in [-0.15, -0.1) is 0 Å². The maximum absolute atomic E-state index is 12.4. The van der Waals surface area contributed by atoms with Gasteiger partial charge >= 0.3 is 5.97 Å². The minimum atomic E-state index is -0.664. The van der Waals surface area contributed by atoms with E-state index in [2.05, 4.69) is 67.8 Å². The Morgan fingerprint density at radius 3 is 1.14 bits per heavy atom. The topological polar surface area (TPSA) is 95.9 Å². The summed E-state index contributed by atoms with van der Waals surface area (Å²) in [5.41, 5.74) is 0. The highest BCUT2D eigenvalue weighted by Gasteiger charge is 2.20. The second-order valence-electron chi connectivity index (χ2n) is 21.0. The molecule has 0 radical (unpaired) electrons. The number of hydrogen-bond acceptors (Lipinski definition) is 5. The lowest BCUT2D eigenvalue weighted by atomic mass is 10.0. The third-order valence-electron chi connectivity index (χ3n) is 14.1. The van der Waals surface area contributed by atoms with Gasteiger partial charge in [-0.05, 0) is 83.5 Å². The number of hydrogen-bond donors (Lipinski definition) is 3. The lowest BCUT2D eigenvalue weighted by Gasteiger charge is -2.22. The van der Waals surface area contributed by atoms with Crippen molar-refractivity contribution in [2.75, 3.05) is 13.2 Å². The molecule has 70 heavy (non-hydrogen) atoms. The molecule has 0 aromatic heterocycles. The molecule has 0 fully saturated rings. The van der Waals surface area contributed by atoms with Gasteiger partial charge in [-0.2, -0.15) is 0 Å². The number of allylic oxidation sites excluding steroid dienone is 8. The van der Waals surface area contributed by atoms with Gasteiger partial charge in [0.05, 0.1) is 25.4 Å². The van der Waals surface area contributed by atoms with Crippen LogP contribution in [0.25, 0.3) is 0 Å². The number of nitrogens with one attached hydrogen (secondary N) is 1. The van der Waals surface area contributed by atoms with E-state index in [9.17, 15) is 19.8 Å². The second kappa shape index (κ2) is 59.4. The Bertz CT molecular complexity index is 1180. The first-order valence-corrected chi connectivity index (χ1v) is 30.9.